The van der Waals surface area contributed by atoms with Gasteiger partial charge in [0.25, 0.3) is 0 Å². The van der Waals surface area contributed by atoms with Gasteiger partial charge in [-0.25, -0.2) is 8.42 Å². The van der Waals surface area contributed by atoms with Crippen LogP contribution in [0, 0.1) is 11.8 Å². The third-order valence-electron chi connectivity index (χ3n) is 3.32. The maximum Gasteiger partial charge on any atom is 0.302 e. The molecule has 2 atom stereocenters. The van der Waals surface area contributed by atoms with E-state index in [0.29, 0.717) is 0 Å². The number of carbonyl (C=O) groups is 2. The molecule has 19 heavy (non-hydrogen) atoms. The van der Waals surface area contributed by atoms with Crippen molar-refractivity contribution in [3.05, 3.63) is 0 Å². The van der Waals surface area contributed by atoms with Crippen molar-refractivity contribution in [2.45, 2.75) is 39.5 Å². The molecule has 0 bridgehead atoms. The first-order valence-electron chi connectivity index (χ1n) is 6.49. The summed E-state index contributed by atoms with van der Waals surface area (Å²) in [5.41, 5.74) is 0. The first-order chi connectivity index (χ1) is 8.82. The van der Waals surface area contributed by atoms with Crippen LogP contribution in [0.3, 0.4) is 0 Å². The van der Waals surface area contributed by atoms with Crippen LogP contribution in [0.1, 0.15) is 39.5 Å². The van der Waals surface area contributed by atoms with Gasteiger partial charge in [0.1, 0.15) is 0 Å². The number of esters is 1. The van der Waals surface area contributed by atoms with E-state index in [1.807, 2.05) is 6.92 Å². The molecule has 0 heterocycles. The smallest absolute Gasteiger partial charge is 0.302 e. The first kappa shape index (κ1) is 15.9. The third kappa shape index (κ3) is 5.59. The number of sulfonamides is 1. The van der Waals surface area contributed by atoms with Crippen LogP contribution in [0.5, 0.6) is 0 Å². The highest BCUT2D eigenvalue weighted by Crippen LogP contribution is 2.31. The Kier molecular flexibility index (Phi) is 5.78. The van der Waals surface area contributed by atoms with E-state index in [2.05, 4.69) is 9.46 Å². The second-order valence-electron chi connectivity index (χ2n) is 4.99. The van der Waals surface area contributed by atoms with E-state index in [-0.39, 0.29) is 30.6 Å². The Labute approximate surface area is 113 Å². The lowest BCUT2D eigenvalue weighted by atomic mass is 9.98. The molecule has 0 unspecified atom stereocenters. The number of rotatable bonds is 6. The van der Waals surface area contributed by atoms with Gasteiger partial charge in [0.2, 0.25) is 15.9 Å². The zero-order valence-corrected chi connectivity index (χ0v) is 12.2. The lowest BCUT2D eigenvalue weighted by Crippen LogP contribution is -2.38. The van der Waals surface area contributed by atoms with Crippen molar-refractivity contribution in [1.29, 1.82) is 0 Å². The van der Waals surface area contributed by atoms with E-state index >= 15 is 0 Å². The van der Waals surface area contributed by atoms with E-state index in [1.54, 1.807) is 0 Å². The van der Waals surface area contributed by atoms with Crippen molar-refractivity contribution in [1.82, 2.24) is 4.72 Å². The summed E-state index contributed by atoms with van der Waals surface area (Å²) in [6, 6.07) is 0. The maximum atomic E-state index is 11.8. The molecule has 0 aromatic carbocycles. The summed E-state index contributed by atoms with van der Waals surface area (Å²) in [5, 5.41) is 0. The van der Waals surface area contributed by atoms with Gasteiger partial charge in [-0.2, -0.15) is 0 Å². The van der Waals surface area contributed by atoms with Crippen LogP contribution in [0.4, 0.5) is 0 Å². The fourth-order valence-electron chi connectivity index (χ4n) is 2.28. The van der Waals surface area contributed by atoms with Gasteiger partial charge in [0.05, 0.1) is 12.4 Å². The van der Waals surface area contributed by atoms with Gasteiger partial charge in [-0.3, -0.25) is 14.3 Å². The van der Waals surface area contributed by atoms with Crippen molar-refractivity contribution in [3.63, 3.8) is 0 Å². The molecule has 1 rings (SSSR count). The van der Waals surface area contributed by atoms with E-state index in [1.165, 1.54) is 6.92 Å². The molecule has 1 aliphatic rings. The SMILES string of the molecule is CC(=O)OCCCS(=O)(=O)NC(=O)[C@@H]1CCC[C@@H]1C. The zero-order valence-electron chi connectivity index (χ0n) is 11.3. The van der Waals surface area contributed by atoms with Crippen LogP contribution < -0.4 is 4.72 Å². The second kappa shape index (κ2) is 6.88. The lowest BCUT2D eigenvalue weighted by Gasteiger charge is -2.15. The number of nitrogens with one attached hydrogen (secondary N) is 1. The van der Waals surface area contributed by atoms with Crippen molar-refractivity contribution < 1.29 is 22.7 Å². The average Bonchev–Trinajstić information content (AvgIpc) is 2.70. The molecule has 7 heteroatoms. The van der Waals surface area contributed by atoms with Crippen molar-refractivity contribution in [2.24, 2.45) is 11.8 Å². The molecule has 0 aromatic heterocycles. The Bertz CT molecular complexity index is 431. The average molecular weight is 291 g/mol. The summed E-state index contributed by atoms with van der Waals surface area (Å²) < 4.78 is 30.1. The molecule has 1 aliphatic carbocycles. The topological polar surface area (TPSA) is 89.5 Å². The Morgan fingerprint density at radius 2 is 2.00 bits per heavy atom. The van der Waals surface area contributed by atoms with Crippen LogP contribution in [0.2, 0.25) is 0 Å². The standard InChI is InChI=1S/C12H21NO5S/c1-9-5-3-6-11(9)12(15)13-19(16,17)8-4-7-18-10(2)14/h9,11H,3-8H2,1-2H3,(H,13,15)/t9-,11+/m0/s1. The van der Waals surface area contributed by atoms with Crippen LogP contribution in [-0.2, 0) is 24.3 Å². The zero-order chi connectivity index (χ0) is 14.5. The molecule has 110 valence electrons. The molecule has 0 aliphatic heterocycles. The molecule has 0 saturated heterocycles. The van der Waals surface area contributed by atoms with Gasteiger partial charge in [-0.1, -0.05) is 13.3 Å². The predicted octanol–water partition coefficient (Wildman–Crippen LogP) is 0.822. The minimum atomic E-state index is -3.63. The van der Waals surface area contributed by atoms with Crippen LogP contribution in [-0.4, -0.2) is 32.7 Å². The molecule has 1 amide bonds. The highest BCUT2D eigenvalue weighted by atomic mass is 32.2. The maximum absolute atomic E-state index is 11.8. The molecular weight excluding hydrogens is 270 g/mol. The third-order valence-corrected chi connectivity index (χ3v) is 4.66. The number of carbonyl (C=O) groups excluding carboxylic acids is 2. The Morgan fingerprint density at radius 1 is 1.32 bits per heavy atom. The molecule has 0 radical (unpaired) electrons. The Hall–Kier alpha value is -1.11. The summed E-state index contributed by atoms with van der Waals surface area (Å²) in [6.45, 7) is 3.27. The minimum absolute atomic E-state index is 0.0459. The van der Waals surface area contributed by atoms with Gasteiger partial charge >= 0.3 is 5.97 Å². The number of ether oxygens (including phenoxy) is 1. The quantitative estimate of drug-likeness (QED) is 0.578. The summed E-state index contributed by atoms with van der Waals surface area (Å²) >= 11 is 0. The number of amides is 1. The molecule has 1 saturated carbocycles. The fourth-order valence-corrected chi connectivity index (χ4v) is 3.34. The normalized spacial score (nSPS) is 23.1. The number of hydrogen-bond donors (Lipinski definition) is 1. The van der Waals surface area contributed by atoms with Crippen molar-refractivity contribution in [3.8, 4) is 0 Å². The summed E-state index contributed by atoms with van der Waals surface area (Å²) in [6.07, 6.45) is 2.86. The molecule has 1 N–H and O–H groups in total. The van der Waals surface area contributed by atoms with E-state index in [0.717, 1.165) is 19.3 Å². The second-order valence-corrected chi connectivity index (χ2v) is 6.84. The largest absolute Gasteiger partial charge is 0.466 e. The lowest BCUT2D eigenvalue weighted by molar-refractivity contribution is -0.141. The van der Waals surface area contributed by atoms with E-state index in [4.69, 9.17) is 0 Å². The molecule has 0 aromatic rings. The van der Waals surface area contributed by atoms with Crippen molar-refractivity contribution >= 4 is 21.9 Å². The number of hydrogen-bond acceptors (Lipinski definition) is 5. The van der Waals surface area contributed by atoms with Gasteiger partial charge in [0.15, 0.2) is 0 Å². The molecule has 1 fully saturated rings. The van der Waals surface area contributed by atoms with E-state index in [9.17, 15) is 18.0 Å². The van der Waals surface area contributed by atoms with Gasteiger partial charge in [-0.15, -0.1) is 0 Å². The van der Waals surface area contributed by atoms with Crippen LogP contribution in [0.15, 0.2) is 0 Å². The van der Waals surface area contributed by atoms with Crippen LogP contribution in [0.25, 0.3) is 0 Å². The fraction of sp³-hybridized carbons (Fsp3) is 0.833. The molecular formula is C12H21NO5S. The summed E-state index contributed by atoms with van der Waals surface area (Å²) in [4.78, 5) is 22.4. The van der Waals surface area contributed by atoms with Gasteiger partial charge in [-0.05, 0) is 25.2 Å². The monoisotopic (exact) mass is 291 g/mol. The highest BCUT2D eigenvalue weighted by Gasteiger charge is 2.31. The highest BCUT2D eigenvalue weighted by molar-refractivity contribution is 7.90. The Balaban J connectivity index is 2.37. The van der Waals surface area contributed by atoms with Gasteiger partial charge < -0.3 is 4.74 Å². The minimum Gasteiger partial charge on any atom is -0.466 e. The predicted molar refractivity (Wildman–Crippen MR) is 69.7 cm³/mol. The first-order valence-corrected chi connectivity index (χ1v) is 8.15. The van der Waals surface area contributed by atoms with Crippen molar-refractivity contribution in [2.75, 3.05) is 12.4 Å². The summed E-state index contributed by atoms with van der Waals surface area (Å²) in [7, 11) is -3.63. The molecule has 0 spiro atoms. The van der Waals surface area contributed by atoms with Gasteiger partial charge in [0, 0.05) is 12.8 Å². The molecule has 6 nitrogen and oxygen atoms in total. The summed E-state index contributed by atoms with van der Waals surface area (Å²) in [5.74, 6) is -1.04. The van der Waals surface area contributed by atoms with Crippen LogP contribution >= 0.6 is 0 Å². The Morgan fingerprint density at radius 3 is 2.53 bits per heavy atom. The van der Waals surface area contributed by atoms with E-state index < -0.39 is 21.9 Å².